The topological polar surface area (TPSA) is 59.4 Å². The second-order valence-electron chi connectivity index (χ2n) is 6.75. The molecule has 3 aromatic rings. The van der Waals surface area contributed by atoms with Gasteiger partial charge in [-0.2, -0.15) is 0 Å². The molecule has 0 saturated carbocycles. The quantitative estimate of drug-likeness (QED) is 0.580. The van der Waals surface area contributed by atoms with Crippen molar-refractivity contribution in [2.45, 2.75) is 39.7 Å². The highest BCUT2D eigenvalue weighted by molar-refractivity contribution is 7.15. The minimum Gasteiger partial charge on any atom is -0.488 e. The lowest BCUT2D eigenvalue weighted by Gasteiger charge is -2.10. The van der Waals surface area contributed by atoms with Crippen LogP contribution in [0.15, 0.2) is 48.5 Å². The molecule has 2 aromatic carbocycles. The highest BCUT2D eigenvalue weighted by Crippen LogP contribution is 2.29. The molecule has 5 heteroatoms. The molecule has 1 aromatic heterocycles. The average molecular weight is 381 g/mol. The van der Waals surface area contributed by atoms with Gasteiger partial charge in [0.2, 0.25) is 0 Å². The van der Waals surface area contributed by atoms with Gasteiger partial charge in [0.15, 0.2) is 0 Å². The van der Waals surface area contributed by atoms with E-state index in [0.29, 0.717) is 6.61 Å². The number of ether oxygens (including phenoxy) is 1. The number of nitrogens with zero attached hydrogens (tertiary/aromatic N) is 1. The highest BCUT2D eigenvalue weighted by atomic mass is 32.1. The van der Waals surface area contributed by atoms with E-state index in [1.54, 1.807) is 11.3 Å². The molecule has 0 saturated heterocycles. The number of hydrogen-bond donors (Lipinski definition) is 1. The standard InChI is InChI=1S/C22H23NO3S/c1-14-4-6-18(7-5-14)22-23-16(3)20(27-22)13-26-19-10-8-17(9-11-19)15(2)12-21(24)25/h4-11,15H,12-13H2,1-3H3,(H,24,25). The first-order valence-corrected chi connectivity index (χ1v) is 9.72. The summed E-state index contributed by atoms with van der Waals surface area (Å²) in [5.74, 6) is -0.0313. The maximum Gasteiger partial charge on any atom is 0.303 e. The Morgan fingerprint density at radius 2 is 1.78 bits per heavy atom. The van der Waals surface area contributed by atoms with Crippen molar-refractivity contribution in [1.29, 1.82) is 0 Å². The molecule has 0 amide bonds. The molecule has 4 nitrogen and oxygen atoms in total. The van der Waals surface area contributed by atoms with Gasteiger partial charge in [-0.25, -0.2) is 4.98 Å². The van der Waals surface area contributed by atoms with Crippen molar-refractivity contribution < 1.29 is 14.6 Å². The summed E-state index contributed by atoms with van der Waals surface area (Å²) in [5.41, 5.74) is 4.34. The summed E-state index contributed by atoms with van der Waals surface area (Å²) in [6.45, 7) is 6.46. The molecule has 27 heavy (non-hydrogen) atoms. The van der Waals surface area contributed by atoms with Crippen LogP contribution in [0.3, 0.4) is 0 Å². The Labute approximate surface area is 163 Å². The summed E-state index contributed by atoms with van der Waals surface area (Å²) in [6, 6.07) is 16.0. The molecule has 0 bridgehead atoms. The Hall–Kier alpha value is -2.66. The number of hydrogen-bond acceptors (Lipinski definition) is 4. The Morgan fingerprint density at radius 1 is 1.11 bits per heavy atom. The van der Waals surface area contributed by atoms with Gasteiger partial charge in [-0.15, -0.1) is 11.3 Å². The Bertz CT molecular complexity index is 914. The molecule has 1 atom stereocenters. The molecule has 1 N–H and O–H groups in total. The van der Waals surface area contributed by atoms with E-state index in [4.69, 9.17) is 9.84 Å². The van der Waals surface area contributed by atoms with Gasteiger partial charge in [-0.1, -0.05) is 48.9 Å². The van der Waals surface area contributed by atoms with Crippen molar-refractivity contribution in [3.05, 3.63) is 70.2 Å². The fourth-order valence-corrected chi connectivity index (χ4v) is 3.78. The Balaban J connectivity index is 1.65. The van der Waals surface area contributed by atoms with E-state index in [0.717, 1.165) is 32.5 Å². The van der Waals surface area contributed by atoms with E-state index in [9.17, 15) is 4.79 Å². The average Bonchev–Trinajstić information content (AvgIpc) is 3.01. The summed E-state index contributed by atoms with van der Waals surface area (Å²) in [5, 5.41) is 9.91. The minimum absolute atomic E-state index is 0.0163. The van der Waals surface area contributed by atoms with Crippen LogP contribution in [0.2, 0.25) is 0 Å². The van der Waals surface area contributed by atoms with Crippen LogP contribution in [-0.2, 0) is 11.4 Å². The van der Waals surface area contributed by atoms with E-state index in [-0.39, 0.29) is 12.3 Å². The van der Waals surface area contributed by atoms with Crippen LogP contribution in [-0.4, -0.2) is 16.1 Å². The lowest BCUT2D eigenvalue weighted by atomic mass is 9.98. The van der Waals surface area contributed by atoms with Crippen molar-refractivity contribution in [2.24, 2.45) is 0 Å². The number of aromatic nitrogens is 1. The van der Waals surface area contributed by atoms with Crippen LogP contribution in [0.1, 0.15) is 41.0 Å². The molecule has 0 fully saturated rings. The number of thiazole rings is 1. The third-order valence-electron chi connectivity index (χ3n) is 4.49. The molecule has 3 rings (SSSR count). The lowest BCUT2D eigenvalue weighted by Crippen LogP contribution is -2.02. The van der Waals surface area contributed by atoms with Crippen molar-refractivity contribution in [3.63, 3.8) is 0 Å². The number of carboxylic acid groups (broad SMARTS) is 1. The Kier molecular flexibility index (Phi) is 5.91. The monoisotopic (exact) mass is 381 g/mol. The van der Waals surface area contributed by atoms with Crippen LogP contribution in [0, 0.1) is 13.8 Å². The van der Waals surface area contributed by atoms with Gasteiger partial charge in [0.25, 0.3) is 0 Å². The molecular formula is C22H23NO3S. The predicted octanol–water partition coefficient (Wildman–Crippen LogP) is 5.58. The van der Waals surface area contributed by atoms with Gasteiger partial charge in [0.1, 0.15) is 17.4 Å². The fourth-order valence-electron chi connectivity index (χ4n) is 2.80. The van der Waals surface area contributed by atoms with Crippen LogP contribution < -0.4 is 4.74 Å². The van der Waals surface area contributed by atoms with Gasteiger partial charge >= 0.3 is 5.97 Å². The van der Waals surface area contributed by atoms with Crippen molar-refractivity contribution in [2.75, 3.05) is 0 Å². The lowest BCUT2D eigenvalue weighted by molar-refractivity contribution is -0.137. The molecule has 0 aliphatic carbocycles. The highest BCUT2D eigenvalue weighted by Gasteiger charge is 2.12. The first-order chi connectivity index (χ1) is 12.9. The maximum atomic E-state index is 10.8. The smallest absolute Gasteiger partial charge is 0.303 e. The number of rotatable bonds is 7. The van der Waals surface area contributed by atoms with Crippen molar-refractivity contribution in [1.82, 2.24) is 4.98 Å². The first-order valence-electron chi connectivity index (χ1n) is 8.90. The van der Waals surface area contributed by atoms with Crippen LogP contribution >= 0.6 is 11.3 Å². The molecule has 0 spiro atoms. The summed E-state index contributed by atoms with van der Waals surface area (Å²) in [4.78, 5) is 16.6. The second-order valence-corrected chi connectivity index (χ2v) is 7.83. The van der Waals surface area contributed by atoms with E-state index < -0.39 is 5.97 Å². The molecular weight excluding hydrogens is 358 g/mol. The number of carbonyl (C=O) groups is 1. The fraction of sp³-hybridized carbons (Fsp3) is 0.273. The van der Waals surface area contributed by atoms with E-state index in [1.807, 2.05) is 38.1 Å². The number of benzene rings is 2. The van der Waals surface area contributed by atoms with Gasteiger partial charge in [0, 0.05) is 5.56 Å². The molecule has 0 radical (unpaired) electrons. The largest absolute Gasteiger partial charge is 0.488 e. The molecule has 1 unspecified atom stereocenters. The zero-order chi connectivity index (χ0) is 19.4. The van der Waals surface area contributed by atoms with Crippen molar-refractivity contribution in [3.8, 4) is 16.3 Å². The van der Waals surface area contributed by atoms with E-state index >= 15 is 0 Å². The maximum absolute atomic E-state index is 10.8. The molecule has 0 aliphatic heterocycles. The van der Waals surface area contributed by atoms with E-state index in [2.05, 4.69) is 36.2 Å². The van der Waals surface area contributed by atoms with Crippen LogP contribution in [0.5, 0.6) is 5.75 Å². The number of carboxylic acids is 1. The molecule has 0 aliphatic rings. The summed E-state index contributed by atoms with van der Waals surface area (Å²) in [6.07, 6.45) is 0.127. The van der Waals surface area contributed by atoms with Gasteiger partial charge in [-0.3, -0.25) is 4.79 Å². The first kappa shape index (κ1) is 19.1. The zero-order valence-corrected chi connectivity index (χ0v) is 16.5. The van der Waals surface area contributed by atoms with Gasteiger partial charge < -0.3 is 9.84 Å². The van der Waals surface area contributed by atoms with Gasteiger partial charge in [-0.05, 0) is 37.5 Å². The summed E-state index contributed by atoms with van der Waals surface area (Å²) >= 11 is 1.65. The van der Waals surface area contributed by atoms with Crippen molar-refractivity contribution >= 4 is 17.3 Å². The normalized spacial score (nSPS) is 12.0. The molecule has 140 valence electrons. The molecule has 1 heterocycles. The number of aliphatic carboxylic acids is 1. The summed E-state index contributed by atoms with van der Waals surface area (Å²) < 4.78 is 5.91. The van der Waals surface area contributed by atoms with Crippen LogP contribution in [0.25, 0.3) is 10.6 Å². The zero-order valence-electron chi connectivity index (χ0n) is 15.7. The SMILES string of the molecule is Cc1ccc(-c2nc(C)c(COc3ccc(C(C)CC(=O)O)cc3)s2)cc1. The summed E-state index contributed by atoms with van der Waals surface area (Å²) in [7, 11) is 0. The minimum atomic E-state index is -0.784. The number of aryl methyl sites for hydroxylation is 2. The van der Waals surface area contributed by atoms with E-state index in [1.165, 1.54) is 5.56 Å². The van der Waals surface area contributed by atoms with Crippen LogP contribution in [0.4, 0.5) is 0 Å². The third-order valence-corrected chi connectivity index (χ3v) is 5.67. The second kappa shape index (κ2) is 8.35. The van der Waals surface area contributed by atoms with Gasteiger partial charge in [0.05, 0.1) is 17.0 Å². The Morgan fingerprint density at radius 3 is 2.41 bits per heavy atom. The predicted molar refractivity (Wildman–Crippen MR) is 108 cm³/mol. The third kappa shape index (κ3) is 4.95.